The lowest BCUT2D eigenvalue weighted by atomic mass is 10.1. The highest BCUT2D eigenvalue weighted by molar-refractivity contribution is 4.84. The molecule has 1 atom stereocenters. The number of aryl methyl sites for hydroxylation is 1. The molecule has 2 rings (SSSR count). The first kappa shape index (κ1) is 10.5. The molecule has 1 aliphatic rings. The van der Waals surface area contributed by atoms with Gasteiger partial charge in [0.25, 0.3) is 0 Å². The second-order valence-electron chi connectivity index (χ2n) is 3.93. The minimum absolute atomic E-state index is 0.600. The molecule has 0 spiro atoms. The summed E-state index contributed by atoms with van der Waals surface area (Å²) in [5, 5.41) is 15.5. The summed E-state index contributed by atoms with van der Waals surface area (Å²) in [6.07, 6.45) is 1.16. The summed E-state index contributed by atoms with van der Waals surface area (Å²) >= 11 is 0. The van der Waals surface area contributed by atoms with Gasteiger partial charge < -0.3 is 5.32 Å². The van der Waals surface area contributed by atoms with Gasteiger partial charge in [-0.05, 0) is 11.6 Å². The third kappa shape index (κ3) is 2.51. The number of nitrogens with zero attached hydrogens (tertiary/aromatic N) is 5. The molecule has 0 amide bonds. The highest BCUT2D eigenvalue weighted by atomic mass is 15.6. The fourth-order valence-corrected chi connectivity index (χ4v) is 1.98. The van der Waals surface area contributed by atoms with Crippen LogP contribution in [0.3, 0.4) is 0 Å². The Bertz CT molecular complexity index is 309. The molecule has 0 radical (unpaired) electrons. The van der Waals surface area contributed by atoms with Crippen LogP contribution in [0, 0.1) is 0 Å². The Hall–Kier alpha value is -1.01. The van der Waals surface area contributed by atoms with Crippen LogP contribution in [0.25, 0.3) is 0 Å². The van der Waals surface area contributed by atoms with Gasteiger partial charge in [0, 0.05) is 25.7 Å². The molecule has 0 saturated carbocycles. The molecule has 0 bridgehead atoms. The van der Waals surface area contributed by atoms with Crippen LogP contribution in [0.4, 0.5) is 0 Å². The van der Waals surface area contributed by atoms with Gasteiger partial charge in [0.1, 0.15) is 0 Å². The minimum Gasteiger partial charge on any atom is -0.314 e. The molecule has 1 unspecified atom stereocenters. The van der Waals surface area contributed by atoms with E-state index >= 15 is 0 Å². The molecule has 6 nitrogen and oxygen atoms in total. The number of piperazine rings is 1. The number of hydrogen-bond donors (Lipinski definition) is 1. The van der Waals surface area contributed by atoms with Crippen molar-refractivity contribution in [2.24, 2.45) is 7.05 Å². The molecule has 84 valence electrons. The van der Waals surface area contributed by atoms with Crippen molar-refractivity contribution in [2.45, 2.75) is 25.9 Å². The van der Waals surface area contributed by atoms with E-state index in [9.17, 15) is 0 Å². The molecule has 15 heavy (non-hydrogen) atoms. The zero-order valence-electron chi connectivity index (χ0n) is 9.35. The van der Waals surface area contributed by atoms with Crippen molar-refractivity contribution >= 4 is 0 Å². The Balaban J connectivity index is 1.97. The van der Waals surface area contributed by atoms with Crippen LogP contribution < -0.4 is 5.32 Å². The van der Waals surface area contributed by atoms with E-state index in [1.807, 2.05) is 0 Å². The zero-order chi connectivity index (χ0) is 10.7. The Morgan fingerprint density at radius 2 is 2.40 bits per heavy atom. The molecule has 1 aliphatic heterocycles. The molecule has 6 heteroatoms. The summed E-state index contributed by atoms with van der Waals surface area (Å²) in [7, 11) is 1.80. The van der Waals surface area contributed by atoms with Crippen molar-refractivity contribution in [3.8, 4) is 0 Å². The Morgan fingerprint density at radius 3 is 3.07 bits per heavy atom. The van der Waals surface area contributed by atoms with Crippen LogP contribution in [-0.2, 0) is 13.6 Å². The molecule has 0 aromatic carbocycles. The van der Waals surface area contributed by atoms with E-state index in [1.165, 1.54) is 4.80 Å². The average Bonchev–Trinajstić information content (AvgIpc) is 2.65. The molecule has 0 aliphatic carbocycles. The summed E-state index contributed by atoms with van der Waals surface area (Å²) in [6, 6.07) is 0.600. The Kier molecular flexibility index (Phi) is 3.27. The topological polar surface area (TPSA) is 58.9 Å². The molecule has 1 saturated heterocycles. The maximum Gasteiger partial charge on any atom is 0.188 e. The second-order valence-corrected chi connectivity index (χ2v) is 3.93. The van der Waals surface area contributed by atoms with E-state index in [1.54, 1.807) is 7.05 Å². The van der Waals surface area contributed by atoms with Gasteiger partial charge in [0.2, 0.25) is 0 Å². The van der Waals surface area contributed by atoms with Crippen molar-refractivity contribution in [3.05, 3.63) is 5.82 Å². The van der Waals surface area contributed by atoms with Crippen LogP contribution in [-0.4, -0.2) is 50.8 Å². The summed E-state index contributed by atoms with van der Waals surface area (Å²) in [6.45, 7) is 6.22. The van der Waals surface area contributed by atoms with Gasteiger partial charge in [-0.2, -0.15) is 4.80 Å². The first-order valence-electron chi connectivity index (χ1n) is 5.47. The summed E-state index contributed by atoms with van der Waals surface area (Å²) in [5.74, 6) is 0.817. The molecule has 1 N–H and O–H groups in total. The summed E-state index contributed by atoms with van der Waals surface area (Å²) < 4.78 is 0. The van der Waals surface area contributed by atoms with E-state index in [-0.39, 0.29) is 0 Å². The average molecular weight is 210 g/mol. The molecule has 2 heterocycles. The van der Waals surface area contributed by atoms with Crippen LogP contribution in [0.2, 0.25) is 0 Å². The van der Waals surface area contributed by atoms with Gasteiger partial charge in [-0.15, -0.1) is 10.2 Å². The SMILES string of the molecule is CCC1CNCCN1Cc1nnn(C)n1. The van der Waals surface area contributed by atoms with Gasteiger partial charge in [-0.1, -0.05) is 6.92 Å². The number of nitrogens with one attached hydrogen (secondary N) is 1. The van der Waals surface area contributed by atoms with E-state index in [4.69, 9.17) is 0 Å². The van der Waals surface area contributed by atoms with Crippen molar-refractivity contribution < 1.29 is 0 Å². The number of hydrogen-bond acceptors (Lipinski definition) is 5. The second kappa shape index (κ2) is 4.67. The Labute approximate surface area is 89.6 Å². The predicted molar refractivity (Wildman–Crippen MR) is 56.2 cm³/mol. The monoisotopic (exact) mass is 210 g/mol. The predicted octanol–water partition coefficient (Wildman–Crippen LogP) is -0.606. The number of aromatic nitrogens is 4. The largest absolute Gasteiger partial charge is 0.314 e. The van der Waals surface area contributed by atoms with E-state index in [2.05, 4.69) is 32.6 Å². The van der Waals surface area contributed by atoms with Crippen molar-refractivity contribution in [2.75, 3.05) is 19.6 Å². The summed E-state index contributed by atoms with van der Waals surface area (Å²) in [4.78, 5) is 3.94. The number of rotatable bonds is 3. The molecule has 1 fully saturated rings. The van der Waals surface area contributed by atoms with E-state index in [0.29, 0.717) is 6.04 Å². The molecule has 1 aromatic heterocycles. The van der Waals surface area contributed by atoms with Gasteiger partial charge in [0.15, 0.2) is 5.82 Å². The molecule has 1 aromatic rings. The van der Waals surface area contributed by atoms with Gasteiger partial charge in [0.05, 0.1) is 13.6 Å². The van der Waals surface area contributed by atoms with Crippen molar-refractivity contribution in [1.29, 1.82) is 0 Å². The van der Waals surface area contributed by atoms with E-state index < -0.39 is 0 Å². The molecular weight excluding hydrogens is 192 g/mol. The van der Waals surface area contributed by atoms with Gasteiger partial charge >= 0.3 is 0 Å². The normalized spacial score (nSPS) is 23.2. The first-order chi connectivity index (χ1) is 7.29. The third-order valence-corrected chi connectivity index (χ3v) is 2.84. The lowest BCUT2D eigenvalue weighted by molar-refractivity contribution is 0.145. The fraction of sp³-hybridized carbons (Fsp3) is 0.889. The lowest BCUT2D eigenvalue weighted by Crippen LogP contribution is -2.50. The maximum atomic E-state index is 4.21. The molecular formula is C9H18N6. The quantitative estimate of drug-likeness (QED) is 0.721. The van der Waals surface area contributed by atoms with Gasteiger partial charge in [-0.3, -0.25) is 4.90 Å². The van der Waals surface area contributed by atoms with Crippen LogP contribution in [0.1, 0.15) is 19.2 Å². The van der Waals surface area contributed by atoms with Crippen LogP contribution >= 0.6 is 0 Å². The van der Waals surface area contributed by atoms with E-state index in [0.717, 1.165) is 38.4 Å². The lowest BCUT2D eigenvalue weighted by Gasteiger charge is -2.34. The third-order valence-electron chi connectivity index (χ3n) is 2.84. The standard InChI is InChI=1S/C9H18N6/c1-3-8-6-10-4-5-15(8)7-9-11-13-14(2)12-9/h8,10H,3-7H2,1-2H3. The highest BCUT2D eigenvalue weighted by Gasteiger charge is 2.21. The van der Waals surface area contributed by atoms with Gasteiger partial charge in [-0.25, -0.2) is 0 Å². The highest BCUT2D eigenvalue weighted by Crippen LogP contribution is 2.09. The van der Waals surface area contributed by atoms with Crippen molar-refractivity contribution in [3.63, 3.8) is 0 Å². The van der Waals surface area contributed by atoms with Crippen molar-refractivity contribution in [1.82, 2.24) is 30.4 Å². The first-order valence-corrected chi connectivity index (χ1v) is 5.47. The Morgan fingerprint density at radius 1 is 1.53 bits per heavy atom. The number of tetrazole rings is 1. The summed E-state index contributed by atoms with van der Waals surface area (Å²) in [5.41, 5.74) is 0. The van der Waals surface area contributed by atoms with Crippen LogP contribution in [0.5, 0.6) is 0 Å². The smallest absolute Gasteiger partial charge is 0.188 e. The zero-order valence-corrected chi connectivity index (χ0v) is 9.35. The fourth-order valence-electron chi connectivity index (χ4n) is 1.98. The van der Waals surface area contributed by atoms with Crippen LogP contribution in [0.15, 0.2) is 0 Å². The minimum atomic E-state index is 0.600. The maximum absolute atomic E-state index is 4.21.